The van der Waals surface area contributed by atoms with Crippen LogP contribution in [0.25, 0.3) is 11.1 Å². The fourth-order valence-corrected chi connectivity index (χ4v) is 1.91. The Hall–Kier alpha value is -1.47. The van der Waals surface area contributed by atoms with Crippen LogP contribution in [0.3, 0.4) is 0 Å². The van der Waals surface area contributed by atoms with E-state index in [1.54, 1.807) is 0 Å². The summed E-state index contributed by atoms with van der Waals surface area (Å²) in [5.74, 6) is 0. The summed E-state index contributed by atoms with van der Waals surface area (Å²) in [6.45, 7) is 3.02. The van der Waals surface area contributed by atoms with Gasteiger partial charge in [-0.25, -0.2) is 0 Å². The van der Waals surface area contributed by atoms with E-state index in [0.29, 0.717) is 0 Å². The van der Waals surface area contributed by atoms with Crippen molar-refractivity contribution in [3.05, 3.63) is 53.6 Å². The molecule has 0 aliphatic rings. The van der Waals surface area contributed by atoms with Gasteiger partial charge >= 0.3 is 0 Å². The molecular weight excluding hydrogens is 218 g/mol. The highest BCUT2D eigenvalue weighted by Gasteiger charge is 2.01. The van der Waals surface area contributed by atoms with Crippen molar-refractivity contribution in [2.75, 3.05) is 11.9 Å². The summed E-state index contributed by atoms with van der Waals surface area (Å²) >= 11 is 6.14. The Morgan fingerprint density at radius 2 is 1.69 bits per heavy atom. The van der Waals surface area contributed by atoms with Gasteiger partial charge < -0.3 is 5.32 Å². The van der Waals surface area contributed by atoms with E-state index < -0.39 is 0 Å². The molecule has 1 N–H and O–H groups in total. The van der Waals surface area contributed by atoms with Gasteiger partial charge in [0.15, 0.2) is 0 Å². The van der Waals surface area contributed by atoms with Gasteiger partial charge in [0, 0.05) is 22.8 Å². The molecule has 1 nitrogen and oxygen atoms in total. The van der Waals surface area contributed by atoms with Crippen molar-refractivity contribution in [3.8, 4) is 11.1 Å². The molecule has 0 radical (unpaired) electrons. The maximum atomic E-state index is 6.14. The predicted molar refractivity (Wildman–Crippen MR) is 71.1 cm³/mol. The van der Waals surface area contributed by atoms with Gasteiger partial charge in [-0.3, -0.25) is 0 Å². The van der Waals surface area contributed by atoms with Crippen molar-refractivity contribution in [1.29, 1.82) is 0 Å². The lowest BCUT2D eigenvalue weighted by atomic mass is 10.1. The second-order valence-electron chi connectivity index (χ2n) is 3.59. The van der Waals surface area contributed by atoms with Crippen molar-refractivity contribution < 1.29 is 0 Å². The molecule has 0 unspecified atom stereocenters. The molecule has 0 aromatic heterocycles. The van der Waals surface area contributed by atoms with Crippen LogP contribution in [0.2, 0.25) is 5.02 Å². The molecule has 0 bridgehead atoms. The molecule has 16 heavy (non-hydrogen) atoms. The number of nitrogens with one attached hydrogen (secondary N) is 1. The Bertz CT molecular complexity index is 462. The van der Waals surface area contributed by atoms with Crippen LogP contribution in [0, 0.1) is 0 Å². The minimum absolute atomic E-state index is 0.790. The number of anilines is 1. The van der Waals surface area contributed by atoms with Gasteiger partial charge in [0.2, 0.25) is 0 Å². The zero-order chi connectivity index (χ0) is 11.4. The molecule has 2 heteroatoms. The van der Waals surface area contributed by atoms with Crippen LogP contribution in [0.4, 0.5) is 5.69 Å². The van der Waals surface area contributed by atoms with E-state index in [1.807, 2.05) is 24.3 Å². The molecule has 0 saturated carbocycles. The molecule has 0 spiro atoms. The summed E-state index contributed by atoms with van der Waals surface area (Å²) < 4.78 is 0. The van der Waals surface area contributed by atoms with Gasteiger partial charge in [-0.1, -0.05) is 41.9 Å². The van der Waals surface area contributed by atoms with E-state index in [2.05, 4.69) is 36.5 Å². The molecule has 0 aliphatic heterocycles. The first-order valence-electron chi connectivity index (χ1n) is 5.40. The van der Waals surface area contributed by atoms with Gasteiger partial charge in [-0.05, 0) is 30.7 Å². The molecule has 0 fully saturated rings. The van der Waals surface area contributed by atoms with Gasteiger partial charge in [0.25, 0.3) is 0 Å². The fraction of sp³-hybridized carbons (Fsp3) is 0.143. The lowest BCUT2D eigenvalue weighted by Crippen LogP contribution is -1.95. The zero-order valence-electron chi connectivity index (χ0n) is 9.20. The Morgan fingerprint density at radius 1 is 1.00 bits per heavy atom. The Morgan fingerprint density at radius 3 is 2.31 bits per heavy atom. The molecule has 0 aliphatic carbocycles. The molecule has 2 aromatic rings. The SMILES string of the molecule is CCNc1ccc(-c2ccccc2Cl)cc1. The zero-order valence-corrected chi connectivity index (χ0v) is 9.96. The smallest absolute Gasteiger partial charge is 0.0484 e. The topological polar surface area (TPSA) is 12.0 Å². The molecule has 0 atom stereocenters. The lowest BCUT2D eigenvalue weighted by Gasteiger charge is -2.06. The Balaban J connectivity index is 2.31. The number of hydrogen-bond donors (Lipinski definition) is 1. The molecule has 0 saturated heterocycles. The standard InChI is InChI=1S/C14H14ClN/c1-2-16-12-9-7-11(8-10-12)13-5-3-4-6-14(13)15/h3-10,16H,2H2,1H3. The monoisotopic (exact) mass is 231 g/mol. The maximum Gasteiger partial charge on any atom is 0.0484 e. The third-order valence-electron chi connectivity index (χ3n) is 2.45. The highest BCUT2D eigenvalue weighted by molar-refractivity contribution is 6.33. The van der Waals surface area contributed by atoms with Crippen LogP contribution in [0.15, 0.2) is 48.5 Å². The van der Waals surface area contributed by atoms with E-state index in [0.717, 1.165) is 28.4 Å². The minimum Gasteiger partial charge on any atom is -0.385 e. The van der Waals surface area contributed by atoms with E-state index >= 15 is 0 Å². The normalized spacial score (nSPS) is 10.1. The third-order valence-corrected chi connectivity index (χ3v) is 2.78. The quantitative estimate of drug-likeness (QED) is 0.824. The van der Waals surface area contributed by atoms with Crippen LogP contribution in [0.5, 0.6) is 0 Å². The van der Waals surface area contributed by atoms with Gasteiger partial charge in [0.1, 0.15) is 0 Å². The van der Waals surface area contributed by atoms with Gasteiger partial charge in [-0.15, -0.1) is 0 Å². The van der Waals surface area contributed by atoms with Crippen LogP contribution in [-0.4, -0.2) is 6.54 Å². The summed E-state index contributed by atoms with van der Waals surface area (Å²) in [5, 5.41) is 4.06. The second kappa shape index (κ2) is 5.04. The van der Waals surface area contributed by atoms with Gasteiger partial charge in [-0.2, -0.15) is 0 Å². The molecular formula is C14H14ClN. The van der Waals surface area contributed by atoms with Crippen LogP contribution in [0.1, 0.15) is 6.92 Å². The fourth-order valence-electron chi connectivity index (χ4n) is 1.67. The number of hydrogen-bond acceptors (Lipinski definition) is 1. The summed E-state index contributed by atoms with van der Waals surface area (Å²) in [7, 11) is 0. The largest absolute Gasteiger partial charge is 0.385 e. The first-order valence-corrected chi connectivity index (χ1v) is 5.78. The number of rotatable bonds is 3. The second-order valence-corrected chi connectivity index (χ2v) is 3.99. The summed E-state index contributed by atoms with van der Waals surface area (Å²) in [4.78, 5) is 0. The minimum atomic E-state index is 0.790. The molecule has 0 amide bonds. The van der Waals surface area contributed by atoms with Crippen LogP contribution < -0.4 is 5.32 Å². The van der Waals surface area contributed by atoms with Gasteiger partial charge in [0.05, 0.1) is 0 Å². The van der Waals surface area contributed by atoms with Crippen LogP contribution in [-0.2, 0) is 0 Å². The molecule has 0 heterocycles. The number of benzene rings is 2. The Kier molecular flexibility index (Phi) is 3.47. The number of halogens is 1. The highest BCUT2D eigenvalue weighted by atomic mass is 35.5. The van der Waals surface area contributed by atoms with Crippen molar-refractivity contribution >= 4 is 17.3 Å². The van der Waals surface area contributed by atoms with E-state index in [-0.39, 0.29) is 0 Å². The maximum absolute atomic E-state index is 6.14. The van der Waals surface area contributed by atoms with Crippen molar-refractivity contribution in [2.45, 2.75) is 6.92 Å². The molecule has 2 rings (SSSR count). The average Bonchev–Trinajstić information content (AvgIpc) is 2.31. The first-order chi connectivity index (χ1) is 7.81. The summed E-state index contributed by atoms with van der Waals surface area (Å²) in [6, 6.07) is 16.2. The van der Waals surface area contributed by atoms with Crippen molar-refractivity contribution in [1.82, 2.24) is 0 Å². The van der Waals surface area contributed by atoms with Crippen molar-refractivity contribution in [2.24, 2.45) is 0 Å². The molecule has 2 aromatic carbocycles. The van der Waals surface area contributed by atoms with E-state index in [1.165, 1.54) is 0 Å². The lowest BCUT2D eigenvalue weighted by molar-refractivity contribution is 1.21. The molecule has 82 valence electrons. The highest BCUT2D eigenvalue weighted by Crippen LogP contribution is 2.28. The van der Waals surface area contributed by atoms with E-state index in [4.69, 9.17) is 11.6 Å². The summed E-state index contributed by atoms with van der Waals surface area (Å²) in [5.41, 5.74) is 3.36. The van der Waals surface area contributed by atoms with Crippen molar-refractivity contribution in [3.63, 3.8) is 0 Å². The first kappa shape index (κ1) is 11.0. The predicted octanol–water partition coefficient (Wildman–Crippen LogP) is 4.44. The summed E-state index contributed by atoms with van der Waals surface area (Å²) in [6.07, 6.45) is 0. The average molecular weight is 232 g/mol. The van der Waals surface area contributed by atoms with E-state index in [9.17, 15) is 0 Å². The Labute approximate surface area is 101 Å². The third kappa shape index (κ3) is 2.37. The van der Waals surface area contributed by atoms with Crippen LogP contribution >= 0.6 is 11.6 Å².